The number of anilines is 1. The zero-order valence-electron chi connectivity index (χ0n) is 20.4. The maximum atomic E-state index is 13.1. The molecule has 0 unspecified atom stereocenters. The van der Waals surface area contributed by atoms with Crippen LogP contribution in [-0.4, -0.2) is 46.8 Å². The van der Waals surface area contributed by atoms with Gasteiger partial charge in [0.15, 0.2) is 9.84 Å². The Morgan fingerprint density at radius 2 is 1.63 bits per heavy atom. The minimum absolute atomic E-state index is 0.0225. The summed E-state index contributed by atoms with van der Waals surface area (Å²) < 4.78 is 24.3. The predicted octanol–water partition coefficient (Wildman–Crippen LogP) is 5.43. The third-order valence-corrected chi connectivity index (χ3v) is 10.1. The molecule has 0 radical (unpaired) electrons. The molecular weight excluding hydrogens is 535 g/mol. The maximum absolute atomic E-state index is 13.1. The minimum atomic E-state index is -3.11. The molecule has 0 spiro atoms. The van der Waals surface area contributed by atoms with Crippen LogP contribution < -0.4 is 5.01 Å². The average molecular weight is 560 g/mol. The Balaban J connectivity index is 1.25. The molecule has 0 aromatic heterocycles. The van der Waals surface area contributed by atoms with Gasteiger partial charge in [-0.3, -0.25) is 14.7 Å². The first-order valence-electron chi connectivity index (χ1n) is 12.4. The van der Waals surface area contributed by atoms with Gasteiger partial charge in [0.25, 0.3) is 5.91 Å². The Bertz CT molecular complexity index is 1550. The van der Waals surface area contributed by atoms with Gasteiger partial charge in [-0.2, -0.15) is 5.10 Å². The van der Waals surface area contributed by atoms with Gasteiger partial charge in [0, 0.05) is 6.42 Å². The predicted molar refractivity (Wildman–Crippen MR) is 158 cm³/mol. The Labute approximate surface area is 232 Å². The molecule has 6 nitrogen and oxygen atoms in total. The van der Waals surface area contributed by atoms with Gasteiger partial charge in [-0.05, 0) is 41.3 Å². The minimum Gasteiger partial charge on any atom is -0.289 e. The largest absolute Gasteiger partial charge is 0.289 e. The molecule has 3 aliphatic rings. The molecule has 3 aromatic carbocycles. The number of benzene rings is 3. The Kier molecular flexibility index (Phi) is 6.67. The van der Waals surface area contributed by atoms with Crippen LogP contribution in [0, 0.1) is 0 Å². The van der Waals surface area contributed by atoms with Crippen LogP contribution in [0.1, 0.15) is 35.6 Å². The molecule has 0 aliphatic carbocycles. The smallest absolute Gasteiger partial charge is 0.266 e. The number of hydrogen-bond donors (Lipinski definition) is 0. The van der Waals surface area contributed by atoms with Crippen LogP contribution in [0.2, 0.25) is 0 Å². The molecule has 2 saturated heterocycles. The van der Waals surface area contributed by atoms with Gasteiger partial charge in [0.1, 0.15) is 4.32 Å². The van der Waals surface area contributed by atoms with Gasteiger partial charge >= 0.3 is 0 Å². The number of amides is 1. The standard InChI is InChI=1S/C29H25N3O3S3/c33-28-27(37-29(36)31(28)24-15-16-38(34,35)19-24)17-20-11-13-23(14-12-20)32-26(22-9-5-2-6-10-22)18-25(30-32)21-7-3-1-4-8-21/h1-14,17,24,26H,15-16,18-19H2/b27-17-/t24-,26-/m0/s1. The van der Waals surface area contributed by atoms with Crippen LogP contribution in [0.25, 0.3) is 6.08 Å². The number of thiocarbonyl (C=S) groups is 1. The molecule has 0 saturated carbocycles. The van der Waals surface area contributed by atoms with Crippen LogP contribution in [0.15, 0.2) is 94.9 Å². The number of carbonyl (C=O) groups excluding carboxylic acids is 1. The molecule has 192 valence electrons. The van der Waals surface area contributed by atoms with Crippen molar-refractivity contribution in [2.24, 2.45) is 5.10 Å². The van der Waals surface area contributed by atoms with Gasteiger partial charge in [-0.1, -0.05) is 96.8 Å². The van der Waals surface area contributed by atoms with Crippen molar-refractivity contribution in [1.82, 2.24) is 4.90 Å². The summed E-state index contributed by atoms with van der Waals surface area (Å²) in [5.74, 6) is -0.137. The van der Waals surface area contributed by atoms with E-state index in [0.29, 0.717) is 15.6 Å². The van der Waals surface area contributed by atoms with Gasteiger partial charge in [-0.15, -0.1) is 0 Å². The van der Waals surface area contributed by atoms with Crippen molar-refractivity contribution in [2.75, 3.05) is 16.5 Å². The molecule has 0 bridgehead atoms. The summed E-state index contributed by atoms with van der Waals surface area (Å²) in [6, 6.07) is 28.3. The zero-order chi connectivity index (χ0) is 26.3. The number of nitrogens with zero attached hydrogens (tertiary/aromatic N) is 3. The first-order valence-corrected chi connectivity index (χ1v) is 15.5. The van der Waals surface area contributed by atoms with E-state index in [4.69, 9.17) is 17.3 Å². The highest BCUT2D eigenvalue weighted by atomic mass is 32.2. The summed E-state index contributed by atoms with van der Waals surface area (Å²) >= 11 is 6.67. The molecule has 6 rings (SSSR count). The highest BCUT2D eigenvalue weighted by molar-refractivity contribution is 8.26. The highest BCUT2D eigenvalue weighted by Gasteiger charge is 2.42. The van der Waals surface area contributed by atoms with Crippen LogP contribution in [0.4, 0.5) is 5.69 Å². The quantitative estimate of drug-likeness (QED) is 0.307. The molecule has 38 heavy (non-hydrogen) atoms. The van der Waals surface area contributed by atoms with Crippen LogP contribution in [0.5, 0.6) is 0 Å². The van der Waals surface area contributed by atoms with Crippen molar-refractivity contribution < 1.29 is 13.2 Å². The van der Waals surface area contributed by atoms with Crippen molar-refractivity contribution in [2.45, 2.75) is 24.9 Å². The zero-order valence-corrected chi connectivity index (χ0v) is 22.9. The highest BCUT2D eigenvalue weighted by Crippen LogP contribution is 2.38. The normalized spacial score (nSPS) is 23.9. The van der Waals surface area contributed by atoms with E-state index in [-0.39, 0.29) is 29.5 Å². The molecule has 2 fully saturated rings. The Hall–Kier alpha value is -3.27. The van der Waals surface area contributed by atoms with Crippen molar-refractivity contribution >= 4 is 61.5 Å². The first-order chi connectivity index (χ1) is 18.4. The molecule has 9 heteroatoms. The molecule has 0 N–H and O–H groups in total. The summed E-state index contributed by atoms with van der Waals surface area (Å²) in [6.07, 6.45) is 3.06. The topological polar surface area (TPSA) is 70.1 Å². The van der Waals surface area contributed by atoms with E-state index >= 15 is 0 Å². The average Bonchev–Trinajstić information content (AvgIpc) is 3.60. The fourth-order valence-corrected chi connectivity index (χ4v) is 8.24. The van der Waals surface area contributed by atoms with E-state index in [1.807, 2.05) is 66.7 Å². The lowest BCUT2D eigenvalue weighted by atomic mass is 9.98. The fourth-order valence-electron chi connectivity index (χ4n) is 5.14. The van der Waals surface area contributed by atoms with Gasteiger partial charge in [-0.25, -0.2) is 8.42 Å². The number of hydrogen-bond acceptors (Lipinski definition) is 7. The number of hydrazone groups is 1. The summed E-state index contributed by atoms with van der Waals surface area (Å²) in [4.78, 5) is 15.1. The number of sulfone groups is 1. The third-order valence-electron chi connectivity index (χ3n) is 7.05. The van der Waals surface area contributed by atoms with Crippen LogP contribution in [0.3, 0.4) is 0 Å². The number of thioether (sulfide) groups is 1. The summed E-state index contributed by atoms with van der Waals surface area (Å²) in [6.45, 7) is 0. The lowest BCUT2D eigenvalue weighted by Crippen LogP contribution is -2.39. The van der Waals surface area contributed by atoms with E-state index < -0.39 is 9.84 Å². The number of rotatable bonds is 5. The second kappa shape index (κ2) is 10.1. The molecule has 2 atom stereocenters. The van der Waals surface area contributed by atoms with E-state index in [2.05, 4.69) is 29.3 Å². The van der Waals surface area contributed by atoms with Crippen LogP contribution >= 0.6 is 24.0 Å². The van der Waals surface area contributed by atoms with E-state index in [0.717, 1.165) is 28.9 Å². The molecule has 3 heterocycles. The monoisotopic (exact) mass is 559 g/mol. The summed E-state index contributed by atoms with van der Waals surface area (Å²) in [7, 11) is -3.11. The lowest BCUT2D eigenvalue weighted by molar-refractivity contribution is -0.123. The Morgan fingerprint density at radius 1 is 0.947 bits per heavy atom. The third kappa shape index (κ3) is 4.93. The number of carbonyl (C=O) groups is 1. The second-order valence-corrected chi connectivity index (χ2v) is 13.5. The van der Waals surface area contributed by atoms with Crippen molar-refractivity contribution in [3.8, 4) is 0 Å². The maximum Gasteiger partial charge on any atom is 0.266 e. The van der Waals surface area contributed by atoms with Gasteiger partial charge in [0.2, 0.25) is 0 Å². The van der Waals surface area contributed by atoms with Crippen molar-refractivity contribution in [3.05, 3.63) is 107 Å². The molecule has 3 aromatic rings. The molecule has 1 amide bonds. The lowest BCUT2D eigenvalue weighted by Gasteiger charge is -2.24. The fraction of sp³-hybridized carbons (Fsp3) is 0.207. The van der Waals surface area contributed by atoms with E-state index in [1.54, 1.807) is 0 Å². The Morgan fingerprint density at radius 3 is 2.29 bits per heavy atom. The second-order valence-electron chi connectivity index (χ2n) is 9.59. The van der Waals surface area contributed by atoms with Gasteiger partial charge in [0.05, 0.1) is 39.9 Å². The first kappa shape index (κ1) is 25.0. The summed E-state index contributed by atoms with van der Waals surface area (Å²) in [5, 5.41) is 7.08. The van der Waals surface area contributed by atoms with Gasteiger partial charge < -0.3 is 0 Å². The van der Waals surface area contributed by atoms with Crippen molar-refractivity contribution in [3.63, 3.8) is 0 Å². The van der Waals surface area contributed by atoms with E-state index in [1.165, 1.54) is 22.2 Å². The molecular formula is C29H25N3O3S3. The van der Waals surface area contributed by atoms with Crippen LogP contribution in [-0.2, 0) is 14.6 Å². The van der Waals surface area contributed by atoms with Crippen molar-refractivity contribution in [1.29, 1.82) is 0 Å². The van der Waals surface area contributed by atoms with E-state index in [9.17, 15) is 13.2 Å². The molecule has 3 aliphatic heterocycles. The SMILES string of the molecule is O=C1/C(=C/c2ccc(N3N=C(c4ccccc4)C[C@H]3c3ccccc3)cc2)SC(=S)N1[C@H]1CCS(=O)(=O)C1. The summed E-state index contributed by atoms with van der Waals surface area (Å²) in [5.41, 5.74) is 5.19.